The zero-order valence-corrected chi connectivity index (χ0v) is 10.2. The summed E-state index contributed by atoms with van der Waals surface area (Å²) in [4.78, 5) is 10.2. The van der Waals surface area contributed by atoms with Crippen LogP contribution in [0.5, 0.6) is 17.2 Å². The van der Waals surface area contributed by atoms with E-state index in [1.54, 1.807) is 31.4 Å². The van der Waals surface area contributed by atoms with Crippen molar-refractivity contribution in [2.45, 2.75) is 0 Å². The Labute approximate surface area is 109 Å². The molecule has 0 aliphatic heterocycles. The number of hydrogen-bond donors (Lipinski definition) is 1. The second-order valence-corrected chi connectivity index (χ2v) is 3.79. The van der Waals surface area contributed by atoms with E-state index in [0.29, 0.717) is 17.2 Å². The number of rotatable bonds is 4. The van der Waals surface area contributed by atoms with Gasteiger partial charge >= 0.3 is 0 Å². The van der Waals surface area contributed by atoms with Gasteiger partial charge < -0.3 is 15.2 Å². The maximum atomic E-state index is 10.7. The number of nitrogens with zero attached hydrogens (tertiary/aromatic N) is 1. The quantitative estimate of drug-likeness (QED) is 0.518. The van der Waals surface area contributed by atoms with Crippen LogP contribution in [-0.4, -0.2) is 12.0 Å². The molecule has 2 N–H and O–H groups in total. The highest BCUT2D eigenvalue weighted by Gasteiger charge is 2.09. The number of nitrogens with two attached hydrogens (primary N) is 1. The Morgan fingerprint density at radius 3 is 2.26 bits per heavy atom. The van der Waals surface area contributed by atoms with Crippen molar-refractivity contribution >= 4 is 11.4 Å². The maximum Gasteiger partial charge on any atom is 0.275 e. The summed E-state index contributed by atoms with van der Waals surface area (Å²) in [5.74, 6) is 1.56. The van der Waals surface area contributed by atoms with Crippen molar-refractivity contribution in [1.29, 1.82) is 0 Å². The number of non-ortho nitro benzene ring substituents is 1. The maximum absolute atomic E-state index is 10.7. The number of nitro groups is 1. The highest BCUT2D eigenvalue weighted by Crippen LogP contribution is 2.29. The fourth-order valence-electron chi connectivity index (χ4n) is 1.55. The molecule has 0 bridgehead atoms. The number of ether oxygens (including phenoxy) is 2. The summed E-state index contributed by atoms with van der Waals surface area (Å²) in [6.45, 7) is 0. The Morgan fingerprint density at radius 1 is 1.05 bits per heavy atom. The summed E-state index contributed by atoms with van der Waals surface area (Å²) in [5, 5.41) is 10.7. The molecule has 0 heterocycles. The van der Waals surface area contributed by atoms with Crippen LogP contribution in [0.4, 0.5) is 11.4 Å². The van der Waals surface area contributed by atoms with Crippen molar-refractivity contribution in [2.24, 2.45) is 0 Å². The van der Waals surface area contributed by atoms with E-state index < -0.39 is 4.92 Å². The molecule has 0 atom stereocenters. The number of nitrogen functional groups attached to an aromatic ring is 1. The Morgan fingerprint density at radius 2 is 1.68 bits per heavy atom. The molecule has 0 saturated carbocycles. The third kappa shape index (κ3) is 3.12. The summed E-state index contributed by atoms with van der Waals surface area (Å²) in [6.07, 6.45) is 0. The zero-order chi connectivity index (χ0) is 13.8. The number of benzene rings is 2. The molecule has 0 fully saturated rings. The lowest BCUT2D eigenvalue weighted by molar-refractivity contribution is -0.384. The van der Waals surface area contributed by atoms with E-state index >= 15 is 0 Å². The summed E-state index contributed by atoms with van der Waals surface area (Å²) in [5.41, 5.74) is 5.76. The largest absolute Gasteiger partial charge is 0.497 e. The third-order valence-corrected chi connectivity index (χ3v) is 2.42. The van der Waals surface area contributed by atoms with Gasteiger partial charge in [0.1, 0.15) is 17.2 Å². The first-order valence-corrected chi connectivity index (χ1v) is 5.45. The molecule has 0 aliphatic rings. The molecule has 98 valence electrons. The Kier molecular flexibility index (Phi) is 3.51. The van der Waals surface area contributed by atoms with Gasteiger partial charge in [0, 0.05) is 17.8 Å². The summed E-state index contributed by atoms with van der Waals surface area (Å²) >= 11 is 0. The molecule has 6 heteroatoms. The fourth-order valence-corrected chi connectivity index (χ4v) is 1.55. The molecule has 6 nitrogen and oxygen atoms in total. The molecule has 0 spiro atoms. The van der Waals surface area contributed by atoms with Crippen molar-refractivity contribution < 1.29 is 14.4 Å². The van der Waals surface area contributed by atoms with Gasteiger partial charge in [-0.1, -0.05) is 0 Å². The van der Waals surface area contributed by atoms with Crippen molar-refractivity contribution in [3.05, 3.63) is 52.6 Å². The molecule has 0 radical (unpaired) electrons. The SMILES string of the molecule is COc1ccc(Oc2cc(N)cc([N+](=O)[O-])c2)cc1. The molecular formula is C13H12N2O4. The minimum absolute atomic E-state index is 0.108. The molecule has 19 heavy (non-hydrogen) atoms. The molecule has 2 aromatic rings. The van der Waals surface area contributed by atoms with Crippen LogP contribution in [0, 0.1) is 10.1 Å². The van der Waals surface area contributed by atoms with Gasteiger partial charge in [-0.3, -0.25) is 10.1 Å². The van der Waals surface area contributed by atoms with Crippen LogP contribution in [-0.2, 0) is 0 Å². The van der Waals surface area contributed by atoms with E-state index in [0.717, 1.165) is 0 Å². The number of anilines is 1. The molecule has 0 aliphatic carbocycles. The molecule has 2 rings (SSSR count). The van der Waals surface area contributed by atoms with Gasteiger partial charge in [-0.25, -0.2) is 0 Å². The average molecular weight is 260 g/mol. The topological polar surface area (TPSA) is 87.6 Å². The van der Waals surface area contributed by atoms with E-state index in [1.165, 1.54) is 18.2 Å². The van der Waals surface area contributed by atoms with Crippen molar-refractivity contribution in [3.8, 4) is 17.2 Å². The van der Waals surface area contributed by atoms with Gasteiger partial charge in [0.25, 0.3) is 5.69 Å². The van der Waals surface area contributed by atoms with Crippen LogP contribution in [0.25, 0.3) is 0 Å². The summed E-state index contributed by atoms with van der Waals surface area (Å²) in [7, 11) is 1.57. The van der Waals surface area contributed by atoms with Crippen molar-refractivity contribution in [2.75, 3.05) is 12.8 Å². The summed E-state index contributed by atoms with van der Waals surface area (Å²) in [6, 6.07) is 11.0. The lowest BCUT2D eigenvalue weighted by atomic mass is 10.2. The highest BCUT2D eigenvalue weighted by molar-refractivity contribution is 5.54. The van der Waals surface area contributed by atoms with Crippen molar-refractivity contribution in [3.63, 3.8) is 0 Å². The van der Waals surface area contributed by atoms with Crippen LogP contribution in [0.1, 0.15) is 0 Å². The second kappa shape index (κ2) is 5.26. The van der Waals surface area contributed by atoms with Gasteiger partial charge in [0.2, 0.25) is 0 Å². The first-order chi connectivity index (χ1) is 9.08. The number of methoxy groups -OCH3 is 1. The van der Waals surface area contributed by atoms with Gasteiger partial charge in [0.15, 0.2) is 0 Å². The van der Waals surface area contributed by atoms with Gasteiger partial charge in [0.05, 0.1) is 18.1 Å². The third-order valence-electron chi connectivity index (χ3n) is 2.42. The predicted octanol–water partition coefficient (Wildman–Crippen LogP) is 2.98. The fraction of sp³-hybridized carbons (Fsp3) is 0.0769. The minimum atomic E-state index is -0.517. The van der Waals surface area contributed by atoms with Crippen LogP contribution in [0.3, 0.4) is 0 Å². The Bertz CT molecular complexity index is 596. The number of hydrogen-bond acceptors (Lipinski definition) is 5. The second-order valence-electron chi connectivity index (χ2n) is 3.79. The highest BCUT2D eigenvalue weighted by atomic mass is 16.6. The minimum Gasteiger partial charge on any atom is -0.497 e. The van der Waals surface area contributed by atoms with Gasteiger partial charge in [-0.2, -0.15) is 0 Å². The van der Waals surface area contributed by atoms with E-state index in [9.17, 15) is 10.1 Å². The van der Waals surface area contributed by atoms with Crippen LogP contribution in [0.2, 0.25) is 0 Å². The Hall–Kier alpha value is -2.76. The van der Waals surface area contributed by atoms with E-state index in [2.05, 4.69) is 0 Å². The number of nitro benzene ring substituents is 1. The van der Waals surface area contributed by atoms with Gasteiger partial charge in [-0.05, 0) is 24.3 Å². The van der Waals surface area contributed by atoms with E-state index in [4.69, 9.17) is 15.2 Å². The zero-order valence-electron chi connectivity index (χ0n) is 10.2. The molecule has 2 aromatic carbocycles. The monoisotopic (exact) mass is 260 g/mol. The lowest BCUT2D eigenvalue weighted by Crippen LogP contribution is -1.93. The van der Waals surface area contributed by atoms with Gasteiger partial charge in [-0.15, -0.1) is 0 Å². The standard InChI is InChI=1S/C13H12N2O4/c1-18-11-2-4-12(5-3-11)19-13-7-9(14)6-10(8-13)15(16)17/h2-8H,14H2,1H3. The molecule has 0 saturated heterocycles. The summed E-state index contributed by atoms with van der Waals surface area (Å²) < 4.78 is 10.5. The van der Waals surface area contributed by atoms with Crippen molar-refractivity contribution in [1.82, 2.24) is 0 Å². The Balaban J connectivity index is 2.24. The van der Waals surface area contributed by atoms with E-state index in [-0.39, 0.29) is 11.4 Å². The predicted molar refractivity (Wildman–Crippen MR) is 70.6 cm³/mol. The lowest BCUT2D eigenvalue weighted by Gasteiger charge is -2.07. The van der Waals surface area contributed by atoms with Crippen LogP contribution < -0.4 is 15.2 Å². The van der Waals surface area contributed by atoms with E-state index in [1.807, 2.05) is 0 Å². The van der Waals surface area contributed by atoms with Crippen LogP contribution in [0.15, 0.2) is 42.5 Å². The molecule has 0 aromatic heterocycles. The molecule has 0 amide bonds. The normalized spacial score (nSPS) is 9.95. The first kappa shape index (κ1) is 12.7. The average Bonchev–Trinajstić information content (AvgIpc) is 2.39. The molecule has 0 unspecified atom stereocenters. The first-order valence-electron chi connectivity index (χ1n) is 5.45. The van der Waals surface area contributed by atoms with Crippen LogP contribution >= 0.6 is 0 Å². The smallest absolute Gasteiger partial charge is 0.275 e. The molecular weight excluding hydrogens is 248 g/mol.